The van der Waals surface area contributed by atoms with Crippen molar-refractivity contribution in [1.82, 2.24) is 0 Å². The number of nitrogens with one attached hydrogen (secondary N) is 1. The van der Waals surface area contributed by atoms with Crippen molar-refractivity contribution in [3.8, 4) is 6.07 Å². The van der Waals surface area contributed by atoms with Crippen LogP contribution in [-0.4, -0.2) is 25.0 Å². The number of halogens is 1. The van der Waals surface area contributed by atoms with Gasteiger partial charge in [0, 0.05) is 18.9 Å². The van der Waals surface area contributed by atoms with Gasteiger partial charge >= 0.3 is 0 Å². The predicted molar refractivity (Wildman–Crippen MR) is 71.6 cm³/mol. The lowest BCUT2D eigenvalue weighted by atomic mass is 9.89. The smallest absolute Gasteiger partial charge is 0.168 e. The number of hydrogen-bond acceptors (Lipinski definition) is 4. The lowest BCUT2D eigenvalue weighted by Crippen LogP contribution is -2.39. The molecule has 0 bridgehead atoms. The molecule has 1 saturated carbocycles. The second kappa shape index (κ2) is 5.39. The maximum atomic E-state index is 13.1. The van der Waals surface area contributed by atoms with Crippen LogP contribution in [0.2, 0.25) is 0 Å². The molecule has 2 aliphatic rings. The minimum absolute atomic E-state index is 0.269. The van der Waals surface area contributed by atoms with E-state index in [9.17, 15) is 4.39 Å². The van der Waals surface area contributed by atoms with Crippen molar-refractivity contribution in [3.63, 3.8) is 0 Å². The van der Waals surface area contributed by atoms with Crippen LogP contribution in [0.1, 0.15) is 31.2 Å². The van der Waals surface area contributed by atoms with E-state index in [1.165, 1.54) is 12.1 Å². The monoisotopic (exact) mass is 276 g/mol. The van der Waals surface area contributed by atoms with Gasteiger partial charge < -0.3 is 14.8 Å². The highest BCUT2D eigenvalue weighted by Crippen LogP contribution is 2.36. The summed E-state index contributed by atoms with van der Waals surface area (Å²) in [6.07, 6.45) is 3.55. The van der Waals surface area contributed by atoms with Gasteiger partial charge in [0.1, 0.15) is 11.9 Å². The van der Waals surface area contributed by atoms with Gasteiger partial charge in [-0.1, -0.05) is 0 Å². The molecule has 4 nitrogen and oxygen atoms in total. The Labute approximate surface area is 117 Å². The summed E-state index contributed by atoms with van der Waals surface area (Å²) >= 11 is 0. The predicted octanol–water partition coefficient (Wildman–Crippen LogP) is 2.79. The molecule has 2 fully saturated rings. The Morgan fingerprint density at radius 1 is 1.25 bits per heavy atom. The van der Waals surface area contributed by atoms with E-state index in [0.717, 1.165) is 25.7 Å². The zero-order chi connectivity index (χ0) is 14.0. The zero-order valence-corrected chi connectivity index (χ0v) is 11.2. The quantitative estimate of drug-likeness (QED) is 0.902. The van der Waals surface area contributed by atoms with Crippen molar-refractivity contribution in [2.75, 3.05) is 18.5 Å². The van der Waals surface area contributed by atoms with Gasteiger partial charge in [-0.15, -0.1) is 0 Å². The summed E-state index contributed by atoms with van der Waals surface area (Å²) in [4.78, 5) is 0. The maximum absolute atomic E-state index is 13.1. The van der Waals surface area contributed by atoms with Gasteiger partial charge in [-0.25, -0.2) is 4.39 Å². The SMILES string of the molecule is N#Cc1cc(F)ccc1NC1CCC2(CC1)OCCO2. The molecule has 1 aromatic rings. The van der Waals surface area contributed by atoms with E-state index in [-0.39, 0.29) is 17.6 Å². The average Bonchev–Trinajstić information content (AvgIpc) is 2.92. The first-order valence-electron chi connectivity index (χ1n) is 6.95. The van der Waals surface area contributed by atoms with Crippen molar-refractivity contribution in [2.24, 2.45) is 0 Å². The molecule has 0 unspecified atom stereocenters. The molecule has 1 aliphatic heterocycles. The second-order valence-corrected chi connectivity index (χ2v) is 5.33. The van der Waals surface area contributed by atoms with Crippen LogP contribution in [0.15, 0.2) is 18.2 Å². The number of hydrogen-bond donors (Lipinski definition) is 1. The summed E-state index contributed by atoms with van der Waals surface area (Å²) in [6, 6.07) is 6.55. The molecule has 3 rings (SSSR count). The van der Waals surface area contributed by atoms with E-state index in [1.54, 1.807) is 6.07 Å². The first-order chi connectivity index (χ1) is 9.71. The molecule has 0 amide bonds. The first-order valence-corrected chi connectivity index (χ1v) is 6.95. The lowest BCUT2D eigenvalue weighted by molar-refractivity contribution is -0.177. The zero-order valence-electron chi connectivity index (χ0n) is 11.2. The molecular weight excluding hydrogens is 259 g/mol. The Morgan fingerprint density at radius 3 is 2.60 bits per heavy atom. The molecule has 1 N–H and O–H groups in total. The number of benzene rings is 1. The molecule has 1 heterocycles. The molecular formula is C15H17FN2O2. The van der Waals surface area contributed by atoms with E-state index in [4.69, 9.17) is 14.7 Å². The number of ether oxygens (including phenoxy) is 2. The summed E-state index contributed by atoms with van der Waals surface area (Å²) in [7, 11) is 0. The van der Waals surface area contributed by atoms with Crippen LogP contribution in [0.25, 0.3) is 0 Å². The topological polar surface area (TPSA) is 54.3 Å². The van der Waals surface area contributed by atoms with Gasteiger partial charge in [0.2, 0.25) is 0 Å². The molecule has 0 atom stereocenters. The van der Waals surface area contributed by atoms with Gasteiger partial charge in [-0.2, -0.15) is 5.26 Å². The summed E-state index contributed by atoms with van der Waals surface area (Å²) in [6.45, 7) is 1.35. The minimum Gasteiger partial charge on any atom is -0.381 e. The molecule has 0 radical (unpaired) electrons. The highest BCUT2D eigenvalue weighted by molar-refractivity contribution is 5.57. The van der Waals surface area contributed by atoms with Crippen LogP contribution >= 0.6 is 0 Å². The molecule has 0 aromatic heterocycles. The highest BCUT2D eigenvalue weighted by atomic mass is 19.1. The summed E-state index contributed by atoms with van der Waals surface area (Å²) in [5.74, 6) is -0.763. The summed E-state index contributed by atoms with van der Waals surface area (Å²) in [5, 5.41) is 12.4. The Morgan fingerprint density at radius 2 is 1.95 bits per heavy atom. The molecule has 1 aromatic carbocycles. The largest absolute Gasteiger partial charge is 0.381 e. The van der Waals surface area contributed by atoms with Crippen LogP contribution in [0.3, 0.4) is 0 Å². The Kier molecular flexibility index (Phi) is 3.60. The third kappa shape index (κ3) is 2.62. The first kappa shape index (κ1) is 13.3. The van der Waals surface area contributed by atoms with Crippen LogP contribution in [0.5, 0.6) is 0 Å². The van der Waals surface area contributed by atoms with Crippen molar-refractivity contribution < 1.29 is 13.9 Å². The number of anilines is 1. The van der Waals surface area contributed by atoms with Crippen LogP contribution in [0, 0.1) is 17.1 Å². The van der Waals surface area contributed by atoms with Crippen molar-refractivity contribution in [3.05, 3.63) is 29.6 Å². The van der Waals surface area contributed by atoms with E-state index in [1.807, 2.05) is 6.07 Å². The van der Waals surface area contributed by atoms with Crippen molar-refractivity contribution in [2.45, 2.75) is 37.5 Å². The van der Waals surface area contributed by atoms with Crippen LogP contribution < -0.4 is 5.32 Å². The second-order valence-electron chi connectivity index (χ2n) is 5.33. The fourth-order valence-electron chi connectivity index (χ4n) is 2.94. The van der Waals surface area contributed by atoms with Crippen LogP contribution in [-0.2, 0) is 9.47 Å². The van der Waals surface area contributed by atoms with E-state index >= 15 is 0 Å². The summed E-state index contributed by atoms with van der Waals surface area (Å²) in [5.41, 5.74) is 1.04. The molecule has 5 heteroatoms. The minimum atomic E-state index is -0.387. The normalized spacial score (nSPS) is 21.8. The van der Waals surface area contributed by atoms with Crippen LogP contribution in [0.4, 0.5) is 10.1 Å². The third-order valence-electron chi connectivity index (χ3n) is 4.02. The fourth-order valence-corrected chi connectivity index (χ4v) is 2.94. The van der Waals surface area contributed by atoms with Gasteiger partial charge in [0.15, 0.2) is 5.79 Å². The Balaban J connectivity index is 1.64. The number of rotatable bonds is 2. The third-order valence-corrected chi connectivity index (χ3v) is 4.02. The number of nitriles is 1. The number of nitrogens with zero attached hydrogens (tertiary/aromatic N) is 1. The standard InChI is InChI=1S/C15H17FN2O2/c16-12-1-2-14(11(9-12)10-17)18-13-3-5-15(6-4-13)19-7-8-20-15/h1-2,9,13,18H,3-8H2. The maximum Gasteiger partial charge on any atom is 0.168 e. The summed E-state index contributed by atoms with van der Waals surface area (Å²) < 4.78 is 24.5. The molecule has 20 heavy (non-hydrogen) atoms. The molecule has 1 saturated heterocycles. The van der Waals surface area contributed by atoms with Gasteiger partial charge in [0.25, 0.3) is 0 Å². The van der Waals surface area contributed by atoms with Gasteiger partial charge in [0.05, 0.1) is 24.5 Å². The van der Waals surface area contributed by atoms with Crippen molar-refractivity contribution >= 4 is 5.69 Å². The van der Waals surface area contributed by atoms with E-state index in [0.29, 0.717) is 24.5 Å². The van der Waals surface area contributed by atoms with Gasteiger partial charge in [-0.3, -0.25) is 0 Å². The Bertz CT molecular complexity index is 525. The lowest BCUT2D eigenvalue weighted by Gasteiger charge is -2.36. The van der Waals surface area contributed by atoms with Crippen molar-refractivity contribution in [1.29, 1.82) is 5.26 Å². The Hall–Kier alpha value is -1.64. The molecule has 106 valence electrons. The van der Waals surface area contributed by atoms with E-state index < -0.39 is 0 Å². The molecule has 1 aliphatic carbocycles. The van der Waals surface area contributed by atoms with Gasteiger partial charge in [-0.05, 0) is 31.0 Å². The highest BCUT2D eigenvalue weighted by Gasteiger charge is 2.40. The van der Waals surface area contributed by atoms with E-state index in [2.05, 4.69) is 5.32 Å². The molecule has 1 spiro atoms. The fraction of sp³-hybridized carbons (Fsp3) is 0.533. The average molecular weight is 276 g/mol.